The molecule has 0 aliphatic heterocycles. The summed E-state index contributed by atoms with van der Waals surface area (Å²) in [5.74, 6) is 1.08. The Morgan fingerprint density at radius 3 is 2.57 bits per heavy atom. The first-order valence-corrected chi connectivity index (χ1v) is 10.6. The Balaban J connectivity index is 1.59. The molecular weight excluding hydrogens is 398 g/mol. The Kier molecular flexibility index (Phi) is 5.77. The van der Waals surface area contributed by atoms with Crippen LogP contribution in [0.15, 0.2) is 76.2 Å². The predicted molar refractivity (Wildman–Crippen MR) is 117 cm³/mol. The SMILES string of the molecule is CC(=O)c1c(C)n(Cc2ccco2)c2ccc(OC(=O)CSc3ccccc3)cc12. The zero-order valence-electron chi connectivity index (χ0n) is 16.8. The summed E-state index contributed by atoms with van der Waals surface area (Å²) in [7, 11) is 0. The summed E-state index contributed by atoms with van der Waals surface area (Å²) in [4.78, 5) is 25.6. The van der Waals surface area contributed by atoms with E-state index in [1.54, 1.807) is 25.3 Å². The van der Waals surface area contributed by atoms with E-state index in [1.165, 1.54) is 11.8 Å². The molecule has 2 aromatic carbocycles. The minimum atomic E-state index is -0.334. The number of rotatable bonds is 7. The molecule has 30 heavy (non-hydrogen) atoms. The first-order chi connectivity index (χ1) is 14.5. The molecule has 0 atom stereocenters. The lowest BCUT2D eigenvalue weighted by Crippen LogP contribution is -2.10. The van der Waals surface area contributed by atoms with Gasteiger partial charge in [0.15, 0.2) is 5.78 Å². The van der Waals surface area contributed by atoms with Gasteiger partial charge in [0.2, 0.25) is 0 Å². The van der Waals surface area contributed by atoms with E-state index in [-0.39, 0.29) is 17.5 Å². The second kappa shape index (κ2) is 8.63. The van der Waals surface area contributed by atoms with Crippen LogP contribution in [-0.4, -0.2) is 22.1 Å². The van der Waals surface area contributed by atoms with Gasteiger partial charge >= 0.3 is 5.97 Å². The van der Waals surface area contributed by atoms with Crippen molar-refractivity contribution in [3.63, 3.8) is 0 Å². The summed E-state index contributed by atoms with van der Waals surface area (Å²) in [5.41, 5.74) is 2.39. The average Bonchev–Trinajstić information content (AvgIpc) is 3.34. The molecular formula is C24H21NO4S. The number of hydrogen-bond acceptors (Lipinski definition) is 5. The topological polar surface area (TPSA) is 61.4 Å². The number of Topliss-reactive ketones (excluding diaryl/α,β-unsaturated/α-hetero) is 1. The van der Waals surface area contributed by atoms with Crippen LogP contribution >= 0.6 is 11.8 Å². The van der Waals surface area contributed by atoms with E-state index in [1.807, 2.05) is 60.0 Å². The number of nitrogens with zero attached hydrogens (tertiary/aromatic N) is 1. The van der Waals surface area contributed by atoms with E-state index in [9.17, 15) is 9.59 Å². The monoisotopic (exact) mass is 419 g/mol. The molecule has 0 bridgehead atoms. The van der Waals surface area contributed by atoms with Gasteiger partial charge in [-0.1, -0.05) is 18.2 Å². The molecule has 0 radical (unpaired) electrons. The summed E-state index contributed by atoms with van der Waals surface area (Å²) < 4.78 is 13.1. The van der Waals surface area contributed by atoms with E-state index < -0.39 is 0 Å². The van der Waals surface area contributed by atoms with Gasteiger partial charge in [0.05, 0.1) is 18.6 Å². The summed E-state index contributed by atoms with van der Waals surface area (Å²) >= 11 is 1.42. The minimum absolute atomic E-state index is 0.0289. The van der Waals surface area contributed by atoms with Crippen molar-refractivity contribution in [2.75, 3.05) is 5.75 Å². The average molecular weight is 420 g/mol. The molecule has 0 N–H and O–H groups in total. The molecule has 0 aliphatic carbocycles. The van der Waals surface area contributed by atoms with Gasteiger partial charge in [-0.05, 0) is 56.3 Å². The van der Waals surface area contributed by atoms with Crippen LogP contribution in [0.5, 0.6) is 5.75 Å². The summed E-state index contributed by atoms with van der Waals surface area (Å²) in [6.07, 6.45) is 1.63. The fourth-order valence-corrected chi connectivity index (χ4v) is 4.24. The quantitative estimate of drug-likeness (QED) is 0.172. The van der Waals surface area contributed by atoms with Crippen LogP contribution in [0.1, 0.15) is 28.7 Å². The van der Waals surface area contributed by atoms with E-state index in [2.05, 4.69) is 0 Å². The number of carbonyl (C=O) groups excluding carboxylic acids is 2. The molecule has 5 nitrogen and oxygen atoms in total. The van der Waals surface area contributed by atoms with Gasteiger partial charge in [-0.15, -0.1) is 11.8 Å². The third-order valence-electron chi connectivity index (χ3n) is 4.87. The van der Waals surface area contributed by atoms with Crippen molar-refractivity contribution in [2.45, 2.75) is 25.3 Å². The van der Waals surface area contributed by atoms with Crippen molar-refractivity contribution < 1.29 is 18.7 Å². The zero-order chi connectivity index (χ0) is 21.1. The van der Waals surface area contributed by atoms with Crippen LogP contribution in [0.3, 0.4) is 0 Å². The summed E-state index contributed by atoms with van der Waals surface area (Å²) in [5, 5.41) is 0.771. The van der Waals surface area contributed by atoms with Gasteiger partial charge in [-0.3, -0.25) is 9.59 Å². The molecule has 0 saturated heterocycles. The van der Waals surface area contributed by atoms with Gasteiger partial charge in [-0.2, -0.15) is 0 Å². The molecule has 0 spiro atoms. The second-order valence-corrected chi connectivity index (χ2v) is 7.99. The third-order valence-corrected chi connectivity index (χ3v) is 5.86. The summed E-state index contributed by atoms with van der Waals surface area (Å²) in [6, 6.07) is 18.8. The fourth-order valence-electron chi connectivity index (χ4n) is 3.55. The molecule has 0 fully saturated rings. The molecule has 2 heterocycles. The number of ketones is 1. The van der Waals surface area contributed by atoms with Crippen molar-refractivity contribution >= 4 is 34.4 Å². The van der Waals surface area contributed by atoms with E-state index in [4.69, 9.17) is 9.15 Å². The first kappa shape index (κ1) is 20.0. The molecule has 4 aromatic rings. The first-order valence-electron chi connectivity index (χ1n) is 9.57. The minimum Gasteiger partial charge on any atom is -0.467 e. The van der Waals surface area contributed by atoms with Gasteiger partial charge in [0, 0.05) is 27.1 Å². The van der Waals surface area contributed by atoms with Gasteiger partial charge in [0.25, 0.3) is 0 Å². The Labute approximate surface area is 178 Å². The van der Waals surface area contributed by atoms with Crippen LogP contribution < -0.4 is 4.74 Å². The van der Waals surface area contributed by atoms with Crippen molar-refractivity contribution in [1.29, 1.82) is 0 Å². The maximum atomic E-state index is 12.3. The van der Waals surface area contributed by atoms with Crippen LogP contribution in [0.2, 0.25) is 0 Å². The van der Waals surface area contributed by atoms with Crippen LogP contribution in [0.25, 0.3) is 10.9 Å². The number of esters is 1. The molecule has 0 aliphatic rings. The molecule has 0 unspecified atom stereocenters. The highest BCUT2D eigenvalue weighted by molar-refractivity contribution is 8.00. The van der Waals surface area contributed by atoms with Gasteiger partial charge in [0.1, 0.15) is 11.5 Å². The van der Waals surface area contributed by atoms with Gasteiger partial charge < -0.3 is 13.7 Å². The van der Waals surface area contributed by atoms with Crippen LogP contribution in [0, 0.1) is 6.92 Å². The number of fused-ring (bicyclic) bond motifs is 1. The smallest absolute Gasteiger partial charge is 0.321 e. The highest BCUT2D eigenvalue weighted by Gasteiger charge is 2.19. The predicted octanol–water partition coefficient (Wildman–Crippen LogP) is 5.49. The van der Waals surface area contributed by atoms with Crippen LogP contribution in [-0.2, 0) is 11.3 Å². The molecule has 0 saturated carbocycles. The number of carbonyl (C=O) groups is 2. The highest BCUT2D eigenvalue weighted by atomic mass is 32.2. The molecule has 4 rings (SSSR count). The lowest BCUT2D eigenvalue weighted by molar-refractivity contribution is -0.131. The second-order valence-electron chi connectivity index (χ2n) is 6.94. The summed E-state index contributed by atoms with van der Waals surface area (Å²) in [6.45, 7) is 3.99. The number of ether oxygens (including phenoxy) is 1. The number of hydrogen-bond donors (Lipinski definition) is 0. The number of benzene rings is 2. The maximum absolute atomic E-state index is 12.3. The van der Waals surface area contributed by atoms with E-state index in [0.717, 1.165) is 27.3 Å². The number of aromatic nitrogens is 1. The molecule has 6 heteroatoms. The van der Waals surface area contributed by atoms with Gasteiger partial charge in [-0.25, -0.2) is 0 Å². The standard InChI is InChI=1S/C24H21NO4S/c1-16-24(17(2)26)21-13-18(29-23(27)15-30-20-8-4-3-5-9-20)10-11-22(21)25(16)14-19-7-6-12-28-19/h3-13H,14-15H2,1-2H3. The van der Waals surface area contributed by atoms with E-state index >= 15 is 0 Å². The molecule has 2 aromatic heterocycles. The van der Waals surface area contributed by atoms with Crippen molar-refractivity contribution in [1.82, 2.24) is 4.57 Å². The largest absolute Gasteiger partial charge is 0.467 e. The normalized spacial score (nSPS) is 11.0. The Hall–Kier alpha value is -3.25. The fraction of sp³-hybridized carbons (Fsp3) is 0.167. The third kappa shape index (κ3) is 4.19. The van der Waals surface area contributed by atoms with E-state index in [0.29, 0.717) is 17.9 Å². The number of thioether (sulfide) groups is 1. The lowest BCUT2D eigenvalue weighted by atomic mass is 10.1. The van der Waals surface area contributed by atoms with Crippen molar-refractivity contribution in [3.8, 4) is 5.75 Å². The number of furan rings is 1. The zero-order valence-corrected chi connectivity index (χ0v) is 17.6. The highest BCUT2D eigenvalue weighted by Crippen LogP contribution is 2.31. The Bertz CT molecular complexity index is 1190. The molecule has 152 valence electrons. The Morgan fingerprint density at radius 1 is 1.07 bits per heavy atom. The van der Waals surface area contributed by atoms with Crippen molar-refractivity contribution in [2.24, 2.45) is 0 Å². The maximum Gasteiger partial charge on any atom is 0.321 e. The lowest BCUT2D eigenvalue weighted by Gasteiger charge is -2.07. The Morgan fingerprint density at radius 2 is 1.87 bits per heavy atom. The van der Waals surface area contributed by atoms with Crippen LogP contribution in [0.4, 0.5) is 0 Å². The van der Waals surface area contributed by atoms with Crippen molar-refractivity contribution in [3.05, 3.63) is 83.9 Å². The molecule has 0 amide bonds.